The topological polar surface area (TPSA) is 75.4 Å². The second kappa shape index (κ2) is 5.87. The van der Waals surface area contributed by atoms with Crippen LogP contribution in [-0.2, 0) is 23.1 Å². The van der Waals surface area contributed by atoms with Gasteiger partial charge >= 0.3 is 5.97 Å². The number of carbonyl (C=O) groups is 2. The number of carboxylic acids is 1. The maximum atomic E-state index is 12.5. The molecular formula is C15H23N3O3. The van der Waals surface area contributed by atoms with Crippen LogP contribution in [0, 0.1) is 19.8 Å². The van der Waals surface area contributed by atoms with Crippen LogP contribution in [0.25, 0.3) is 0 Å². The number of rotatable bonds is 6. The monoisotopic (exact) mass is 293 g/mol. The molecule has 1 aliphatic rings. The van der Waals surface area contributed by atoms with Gasteiger partial charge in [-0.1, -0.05) is 6.92 Å². The van der Waals surface area contributed by atoms with Crippen molar-refractivity contribution in [1.82, 2.24) is 14.7 Å². The fourth-order valence-corrected chi connectivity index (χ4v) is 2.71. The Balaban J connectivity index is 2.09. The molecule has 1 heterocycles. The quantitative estimate of drug-likeness (QED) is 0.857. The van der Waals surface area contributed by atoms with Gasteiger partial charge in [-0.25, -0.2) is 0 Å². The molecule has 1 fully saturated rings. The van der Waals surface area contributed by atoms with Crippen LogP contribution in [-0.4, -0.2) is 44.3 Å². The largest absolute Gasteiger partial charge is 0.480 e. The highest BCUT2D eigenvalue weighted by atomic mass is 16.4. The summed E-state index contributed by atoms with van der Waals surface area (Å²) in [7, 11) is 1.89. The zero-order valence-corrected chi connectivity index (χ0v) is 13.1. The predicted molar refractivity (Wildman–Crippen MR) is 77.9 cm³/mol. The van der Waals surface area contributed by atoms with Crippen LogP contribution in [0.15, 0.2) is 0 Å². The fourth-order valence-electron chi connectivity index (χ4n) is 2.71. The predicted octanol–water partition coefficient (Wildman–Crippen LogP) is 1.29. The summed E-state index contributed by atoms with van der Waals surface area (Å²) in [6.45, 7) is 5.60. The molecule has 1 amide bonds. The Hall–Kier alpha value is -1.85. The maximum Gasteiger partial charge on any atom is 0.323 e. The van der Waals surface area contributed by atoms with Gasteiger partial charge in [0, 0.05) is 24.7 Å². The molecule has 6 heteroatoms. The molecule has 21 heavy (non-hydrogen) atoms. The Bertz CT molecular complexity index is 561. The Kier molecular flexibility index (Phi) is 4.34. The van der Waals surface area contributed by atoms with E-state index in [0.717, 1.165) is 29.8 Å². The number of amides is 1. The molecule has 1 aromatic heterocycles. The SMILES string of the molecule is Cc1nn(C)c(C)c1CC(C)C(=O)N(CC(=O)O)C1CC1. The van der Waals surface area contributed by atoms with Crippen LogP contribution in [0.2, 0.25) is 0 Å². The summed E-state index contributed by atoms with van der Waals surface area (Å²) in [5, 5.41) is 13.3. The summed E-state index contributed by atoms with van der Waals surface area (Å²) in [5.74, 6) is -1.25. The molecule has 2 rings (SSSR count). The highest BCUT2D eigenvalue weighted by Crippen LogP contribution is 2.29. The first-order valence-corrected chi connectivity index (χ1v) is 7.32. The van der Waals surface area contributed by atoms with Crippen molar-refractivity contribution >= 4 is 11.9 Å². The number of hydrogen-bond donors (Lipinski definition) is 1. The van der Waals surface area contributed by atoms with Gasteiger partial charge in [0.25, 0.3) is 0 Å². The first-order chi connectivity index (χ1) is 9.81. The molecule has 0 aromatic carbocycles. The van der Waals surface area contributed by atoms with Gasteiger partial charge in [-0.3, -0.25) is 14.3 Å². The van der Waals surface area contributed by atoms with Gasteiger partial charge in [0.2, 0.25) is 5.91 Å². The second-order valence-corrected chi connectivity index (χ2v) is 5.97. The van der Waals surface area contributed by atoms with E-state index < -0.39 is 5.97 Å². The van der Waals surface area contributed by atoms with Crippen molar-refractivity contribution in [2.45, 2.75) is 46.1 Å². The average molecular weight is 293 g/mol. The molecule has 116 valence electrons. The minimum atomic E-state index is -0.948. The molecule has 1 N–H and O–H groups in total. The molecule has 0 radical (unpaired) electrons. The molecule has 6 nitrogen and oxygen atoms in total. The van der Waals surface area contributed by atoms with Crippen molar-refractivity contribution in [2.75, 3.05) is 6.54 Å². The third-order valence-electron chi connectivity index (χ3n) is 4.17. The number of carbonyl (C=O) groups excluding carboxylic acids is 1. The first-order valence-electron chi connectivity index (χ1n) is 7.32. The Morgan fingerprint density at radius 1 is 1.43 bits per heavy atom. The summed E-state index contributed by atoms with van der Waals surface area (Å²) in [4.78, 5) is 25.0. The Labute approximate surface area is 124 Å². The van der Waals surface area contributed by atoms with Crippen LogP contribution in [0.4, 0.5) is 0 Å². The highest BCUT2D eigenvalue weighted by Gasteiger charge is 2.36. The minimum absolute atomic E-state index is 0.0671. The zero-order chi connectivity index (χ0) is 15.7. The van der Waals surface area contributed by atoms with Crippen molar-refractivity contribution < 1.29 is 14.7 Å². The van der Waals surface area contributed by atoms with Crippen LogP contribution in [0.1, 0.15) is 36.7 Å². The molecule has 1 saturated carbocycles. The lowest BCUT2D eigenvalue weighted by Gasteiger charge is -2.24. The van der Waals surface area contributed by atoms with Gasteiger partial charge in [-0.15, -0.1) is 0 Å². The molecule has 1 atom stereocenters. The summed E-state index contributed by atoms with van der Waals surface area (Å²) in [6.07, 6.45) is 2.43. The van der Waals surface area contributed by atoms with Crippen LogP contribution >= 0.6 is 0 Å². The molecule has 0 bridgehead atoms. The average Bonchev–Trinajstić information content (AvgIpc) is 3.20. The van der Waals surface area contributed by atoms with Crippen LogP contribution in [0.3, 0.4) is 0 Å². The summed E-state index contributed by atoms with van der Waals surface area (Å²) in [6, 6.07) is 0.118. The third kappa shape index (κ3) is 3.43. The fraction of sp³-hybridized carbons (Fsp3) is 0.667. The van der Waals surface area contributed by atoms with Crippen molar-refractivity contribution in [3.63, 3.8) is 0 Å². The van der Waals surface area contributed by atoms with Crippen LogP contribution < -0.4 is 0 Å². The molecule has 1 aromatic rings. The van der Waals surface area contributed by atoms with Gasteiger partial charge in [0.1, 0.15) is 6.54 Å². The van der Waals surface area contributed by atoms with Crippen molar-refractivity contribution in [3.05, 3.63) is 17.0 Å². The van der Waals surface area contributed by atoms with Gasteiger partial charge in [0.05, 0.1) is 5.69 Å². The maximum absolute atomic E-state index is 12.5. The summed E-state index contributed by atoms with van der Waals surface area (Å²) in [5.41, 5.74) is 3.08. The number of aromatic nitrogens is 2. The van der Waals surface area contributed by atoms with Crippen LogP contribution in [0.5, 0.6) is 0 Å². The normalized spacial score (nSPS) is 15.8. The number of carboxylic acid groups (broad SMARTS) is 1. The Morgan fingerprint density at radius 2 is 2.05 bits per heavy atom. The Morgan fingerprint density at radius 3 is 2.48 bits per heavy atom. The van der Waals surface area contributed by atoms with Gasteiger partial charge in [-0.05, 0) is 38.7 Å². The standard InChI is InChI=1S/C15H23N3O3/c1-9(7-13-10(2)16-17(4)11(13)3)15(21)18(8-14(19)20)12-5-6-12/h9,12H,5-8H2,1-4H3,(H,19,20). The first kappa shape index (κ1) is 15.5. The lowest BCUT2D eigenvalue weighted by molar-refractivity contribution is -0.146. The smallest absolute Gasteiger partial charge is 0.323 e. The summed E-state index contributed by atoms with van der Waals surface area (Å²) < 4.78 is 1.82. The van der Waals surface area contributed by atoms with E-state index in [1.54, 1.807) is 0 Å². The van der Waals surface area contributed by atoms with E-state index >= 15 is 0 Å². The molecule has 1 aliphatic carbocycles. The van der Waals surface area contributed by atoms with E-state index in [1.165, 1.54) is 4.90 Å². The van der Waals surface area contributed by atoms with E-state index in [2.05, 4.69) is 5.10 Å². The second-order valence-electron chi connectivity index (χ2n) is 5.97. The van der Waals surface area contributed by atoms with E-state index in [0.29, 0.717) is 6.42 Å². The zero-order valence-electron chi connectivity index (χ0n) is 13.1. The number of hydrogen-bond acceptors (Lipinski definition) is 3. The van der Waals surface area contributed by atoms with E-state index in [-0.39, 0.29) is 24.4 Å². The van der Waals surface area contributed by atoms with E-state index in [9.17, 15) is 9.59 Å². The van der Waals surface area contributed by atoms with Crippen molar-refractivity contribution in [3.8, 4) is 0 Å². The number of aliphatic carboxylic acids is 1. The molecule has 0 spiro atoms. The van der Waals surface area contributed by atoms with Crippen molar-refractivity contribution in [2.24, 2.45) is 13.0 Å². The highest BCUT2D eigenvalue weighted by molar-refractivity contribution is 5.83. The number of aryl methyl sites for hydroxylation is 2. The molecule has 0 saturated heterocycles. The van der Waals surface area contributed by atoms with Crippen molar-refractivity contribution in [1.29, 1.82) is 0 Å². The third-order valence-corrected chi connectivity index (χ3v) is 4.17. The molecular weight excluding hydrogens is 270 g/mol. The number of nitrogens with zero attached hydrogens (tertiary/aromatic N) is 3. The van der Waals surface area contributed by atoms with Gasteiger partial charge in [-0.2, -0.15) is 5.10 Å². The molecule has 1 unspecified atom stereocenters. The van der Waals surface area contributed by atoms with Gasteiger partial charge in [0.15, 0.2) is 0 Å². The summed E-state index contributed by atoms with van der Waals surface area (Å²) >= 11 is 0. The van der Waals surface area contributed by atoms with E-state index in [1.807, 2.05) is 32.5 Å². The lowest BCUT2D eigenvalue weighted by Crippen LogP contribution is -2.41. The lowest BCUT2D eigenvalue weighted by atomic mass is 9.98. The van der Waals surface area contributed by atoms with Gasteiger partial charge < -0.3 is 10.0 Å². The van der Waals surface area contributed by atoms with E-state index in [4.69, 9.17) is 5.11 Å². The molecule has 0 aliphatic heterocycles. The minimum Gasteiger partial charge on any atom is -0.480 e.